The minimum Gasteiger partial charge on any atom is -0.444 e. The smallest absolute Gasteiger partial charge is 0.408 e. The highest BCUT2D eigenvalue weighted by atomic mass is 35.5. The van der Waals surface area contributed by atoms with Gasteiger partial charge in [-0.25, -0.2) is 4.79 Å². The van der Waals surface area contributed by atoms with Gasteiger partial charge in [0.25, 0.3) is 5.91 Å². The number of para-hydroxylation sites is 1. The maximum atomic E-state index is 13.7. The number of hydrogen-bond acceptors (Lipinski definition) is 4. The van der Waals surface area contributed by atoms with E-state index in [0.717, 1.165) is 12.0 Å². The summed E-state index contributed by atoms with van der Waals surface area (Å²) in [6, 6.07) is 13.5. The van der Waals surface area contributed by atoms with E-state index in [9.17, 15) is 14.4 Å². The van der Waals surface area contributed by atoms with Crippen molar-refractivity contribution < 1.29 is 19.1 Å². The largest absolute Gasteiger partial charge is 0.444 e. The maximum absolute atomic E-state index is 13.7. The average molecular weight is 486 g/mol. The Bertz CT molecular complexity index is 1030. The lowest BCUT2D eigenvalue weighted by Crippen LogP contribution is -2.48. The quantitative estimate of drug-likeness (QED) is 0.571. The lowest BCUT2D eigenvalue weighted by Gasteiger charge is -2.32. The second-order valence-corrected chi connectivity index (χ2v) is 10.1. The summed E-state index contributed by atoms with van der Waals surface area (Å²) in [4.78, 5) is 40.8. The second-order valence-electron chi connectivity index (χ2n) is 9.67. The first-order valence-corrected chi connectivity index (χ1v) is 11.7. The molecule has 2 aromatic rings. The first-order chi connectivity index (χ1) is 16.0. The van der Waals surface area contributed by atoms with Gasteiger partial charge in [0.2, 0.25) is 5.91 Å². The molecular weight excluding hydrogens is 454 g/mol. The molecule has 1 aliphatic rings. The van der Waals surface area contributed by atoms with Crippen LogP contribution >= 0.6 is 11.6 Å². The van der Waals surface area contributed by atoms with Crippen molar-refractivity contribution in [3.05, 3.63) is 64.7 Å². The molecule has 34 heavy (non-hydrogen) atoms. The molecule has 8 heteroatoms. The summed E-state index contributed by atoms with van der Waals surface area (Å²) in [6.07, 6.45) is 0.0944. The summed E-state index contributed by atoms with van der Waals surface area (Å²) < 4.78 is 5.25. The van der Waals surface area contributed by atoms with Gasteiger partial charge in [0.05, 0.1) is 10.7 Å². The molecule has 1 saturated carbocycles. The van der Waals surface area contributed by atoms with Crippen molar-refractivity contribution in [2.75, 3.05) is 11.9 Å². The summed E-state index contributed by atoms with van der Waals surface area (Å²) in [5.41, 5.74) is 1.32. The Morgan fingerprint density at radius 3 is 2.32 bits per heavy atom. The Kier molecular flexibility index (Phi) is 7.87. The van der Waals surface area contributed by atoms with Crippen LogP contribution in [0.2, 0.25) is 5.02 Å². The third-order valence-corrected chi connectivity index (χ3v) is 5.92. The van der Waals surface area contributed by atoms with Gasteiger partial charge in [0.1, 0.15) is 18.2 Å². The monoisotopic (exact) mass is 485 g/mol. The molecule has 3 rings (SSSR count). The third kappa shape index (κ3) is 6.50. The molecule has 0 bridgehead atoms. The minimum absolute atomic E-state index is 0.115. The number of benzene rings is 2. The van der Waals surface area contributed by atoms with Gasteiger partial charge in [-0.05, 0) is 57.2 Å². The normalized spacial score (nSPS) is 17.9. The Morgan fingerprint density at radius 1 is 1.12 bits per heavy atom. The van der Waals surface area contributed by atoms with Gasteiger partial charge in [-0.15, -0.1) is 0 Å². The van der Waals surface area contributed by atoms with Crippen LogP contribution in [0.25, 0.3) is 0 Å². The van der Waals surface area contributed by atoms with Crippen molar-refractivity contribution in [1.29, 1.82) is 0 Å². The molecule has 3 amide bonds. The number of nitrogens with zero attached hydrogens (tertiary/aromatic N) is 1. The summed E-state index contributed by atoms with van der Waals surface area (Å²) in [7, 11) is 0. The van der Waals surface area contributed by atoms with Crippen molar-refractivity contribution in [1.82, 2.24) is 10.2 Å². The van der Waals surface area contributed by atoms with E-state index in [0.29, 0.717) is 16.3 Å². The van der Waals surface area contributed by atoms with Crippen LogP contribution in [0.3, 0.4) is 0 Å². The molecule has 0 radical (unpaired) electrons. The van der Waals surface area contributed by atoms with E-state index in [1.54, 1.807) is 31.7 Å². The number of amides is 3. The zero-order valence-corrected chi connectivity index (χ0v) is 21.0. The molecule has 2 aromatic carbocycles. The number of ether oxygens (including phenoxy) is 1. The van der Waals surface area contributed by atoms with Gasteiger partial charge in [-0.2, -0.15) is 0 Å². The Morgan fingerprint density at radius 2 is 1.76 bits per heavy atom. The van der Waals surface area contributed by atoms with E-state index in [2.05, 4.69) is 10.6 Å². The predicted molar refractivity (Wildman–Crippen MR) is 133 cm³/mol. The molecule has 1 fully saturated rings. The van der Waals surface area contributed by atoms with Crippen LogP contribution in [0.1, 0.15) is 51.3 Å². The fourth-order valence-electron chi connectivity index (χ4n) is 3.82. The summed E-state index contributed by atoms with van der Waals surface area (Å²) >= 11 is 6.35. The molecule has 7 nitrogen and oxygen atoms in total. The van der Waals surface area contributed by atoms with Crippen molar-refractivity contribution in [3.63, 3.8) is 0 Å². The molecular formula is C26H32ClN3O4. The molecule has 0 aliphatic heterocycles. The fraction of sp³-hybridized carbons (Fsp3) is 0.423. The number of hydrogen-bond donors (Lipinski definition) is 2. The number of alkyl carbamates (subject to hydrolysis) is 1. The maximum Gasteiger partial charge on any atom is 0.408 e. The Balaban J connectivity index is 1.89. The molecule has 1 aliphatic carbocycles. The van der Waals surface area contributed by atoms with Gasteiger partial charge in [-0.3, -0.25) is 9.59 Å². The lowest BCUT2D eigenvalue weighted by atomic mass is 10.0. The third-order valence-electron chi connectivity index (χ3n) is 5.61. The molecule has 3 atom stereocenters. The highest BCUT2D eigenvalue weighted by molar-refractivity contribution is 6.34. The van der Waals surface area contributed by atoms with E-state index in [-0.39, 0.29) is 30.3 Å². The van der Waals surface area contributed by atoms with Crippen LogP contribution in [-0.2, 0) is 14.3 Å². The van der Waals surface area contributed by atoms with Gasteiger partial charge in [0.15, 0.2) is 0 Å². The SMILES string of the molecule is Cc1cccc(Cl)c1NC(=O)C(c1ccccc1)N(C(=O)CNC(=O)OC(C)(C)C)C1CC1C. The van der Waals surface area contributed by atoms with Gasteiger partial charge < -0.3 is 20.3 Å². The van der Waals surface area contributed by atoms with Crippen molar-refractivity contribution in [3.8, 4) is 0 Å². The summed E-state index contributed by atoms with van der Waals surface area (Å²) in [5, 5.41) is 5.87. The molecule has 2 N–H and O–H groups in total. The average Bonchev–Trinajstić information content (AvgIpc) is 3.48. The standard InChI is InChI=1S/C26H32ClN3O4/c1-16-10-9-13-19(27)22(16)29-24(32)23(18-11-7-6-8-12-18)30(20-14-17(20)2)21(31)15-28-25(33)34-26(3,4)5/h6-13,17,20,23H,14-15H2,1-5H3,(H,28,33)(H,29,32). The first kappa shape index (κ1) is 25.6. The zero-order chi connectivity index (χ0) is 25.0. The Hall–Kier alpha value is -3.06. The molecule has 0 heterocycles. The van der Waals surface area contributed by atoms with E-state index < -0.39 is 17.7 Å². The number of aryl methyl sites for hydroxylation is 1. The molecule has 0 aromatic heterocycles. The number of halogens is 1. The van der Waals surface area contributed by atoms with Crippen LogP contribution in [0, 0.1) is 12.8 Å². The van der Waals surface area contributed by atoms with Gasteiger partial charge in [-0.1, -0.05) is 61.0 Å². The number of carbonyl (C=O) groups excluding carboxylic acids is 3. The van der Waals surface area contributed by atoms with Crippen molar-refractivity contribution >= 4 is 35.2 Å². The fourth-order valence-corrected chi connectivity index (χ4v) is 4.09. The topological polar surface area (TPSA) is 87.7 Å². The van der Waals surface area contributed by atoms with E-state index in [4.69, 9.17) is 16.3 Å². The van der Waals surface area contributed by atoms with Crippen LogP contribution in [0.4, 0.5) is 10.5 Å². The van der Waals surface area contributed by atoms with Crippen LogP contribution in [-0.4, -0.2) is 41.0 Å². The van der Waals surface area contributed by atoms with Gasteiger partial charge in [0, 0.05) is 6.04 Å². The number of rotatable bonds is 7. The van der Waals surface area contributed by atoms with E-state index in [1.165, 1.54) is 0 Å². The van der Waals surface area contributed by atoms with Crippen molar-refractivity contribution in [2.24, 2.45) is 5.92 Å². The van der Waals surface area contributed by atoms with E-state index in [1.807, 2.05) is 56.3 Å². The predicted octanol–water partition coefficient (Wildman–Crippen LogP) is 5.09. The number of carbonyl (C=O) groups is 3. The van der Waals surface area contributed by atoms with Gasteiger partial charge >= 0.3 is 6.09 Å². The van der Waals surface area contributed by atoms with Crippen LogP contribution < -0.4 is 10.6 Å². The molecule has 0 saturated heterocycles. The zero-order valence-electron chi connectivity index (χ0n) is 20.2. The summed E-state index contributed by atoms with van der Waals surface area (Å²) in [5.74, 6) is -0.487. The molecule has 0 spiro atoms. The van der Waals surface area contributed by atoms with Crippen LogP contribution in [0.15, 0.2) is 48.5 Å². The molecule has 3 unspecified atom stereocenters. The Labute approximate surface area is 205 Å². The highest BCUT2D eigenvalue weighted by Gasteiger charge is 2.46. The molecule has 182 valence electrons. The second kappa shape index (κ2) is 10.5. The van der Waals surface area contributed by atoms with Crippen LogP contribution in [0.5, 0.6) is 0 Å². The highest BCUT2D eigenvalue weighted by Crippen LogP contribution is 2.40. The number of anilines is 1. The first-order valence-electron chi connectivity index (χ1n) is 11.4. The number of nitrogens with one attached hydrogen (secondary N) is 2. The summed E-state index contributed by atoms with van der Waals surface area (Å²) in [6.45, 7) is 8.86. The van der Waals surface area contributed by atoms with E-state index >= 15 is 0 Å². The lowest BCUT2D eigenvalue weighted by molar-refractivity contribution is -0.139. The minimum atomic E-state index is -0.889. The van der Waals surface area contributed by atoms with Crippen molar-refractivity contribution in [2.45, 2.75) is 58.7 Å².